The molecule has 0 fully saturated rings. The topological polar surface area (TPSA) is 43.6 Å². The first-order valence-corrected chi connectivity index (χ1v) is 5.32. The summed E-state index contributed by atoms with van der Waals surface area (Å²) >= 11 is 1.64. The van der Waals surface area contributed by atoms with Crippen LogP contribution in [0.3, 0.4) is 0 Å². The molecule has 0 saturated heterocycles. The van der Waals surface area contributed by atoms with Crippen LogP contribution in [0.5, 0.6) is 0 Å². The van der Waals surface area contributed by atoms with Gasteiger partial charge in [-0.05, 0) is 20.8 Å². The number of hydrogen-bond donors (Lipinski definition) is 0. The standard InChI is InChI=1S/C9H12N4S/c1-6(2)13-5-11-12-9(13)8-4-10-7(3)14-8/h4-6H,1-3H3. The molecule has 0 aromatic carbocycles. The van der Waals surface area contributed by atoms with E-state index in [2.05, 4.69) is 29.0 Å². The summed E-state index contributed by atoms with van der Waals surface area (Å²) in [6.45, 7) is 6.21. The van der Waals surface area contributed by atoms with Crippen LogP contribution in [0.1, 0.15) is 24.9 Å². The molecular weight excluding hydrogens is 196 g/mol. The fourth-order valence-electron chi connectivity index (χ4n) is 1.26. The van der Waals surface area contributed by atoms with Crippen molar-refractivity contribution in [1.82, 2.24) is 19.7 Å². The molecule has 0 amide bonds. The molecule has 0 bridgehead atoms. The van der Waals surface area contributed by atoms with Gasteiger partial charge in [0.1, 0.15) is 6.33 Å². The predicted octanol–water partition coefficient (Wildman–Crippen LogP) is 2.29. The third-order valence-electron chi connectivity index (χ3n) is 1.97. The summed E-state index contributed by atoms with van der Waals surface area (Å²) in [6.07, 6.45) is 3.61. The smallest absolute Gasteiger partial charge is 0.175 e. The Hall–Kier alpha value is -1.23. The van der Waals surface area contributed by atoms with Gasteiger partial charge in [0.15, 0.2) is 5.82 Å². The van der Waals surface area contributed by atoms with Crippen molar-refractivity contribution in [3.63, 3.8) is 0 Å². The van der Waals surface area contributed by atoms with Crippen LogP contribution in [0.25, 0.3) is 10.7 Å². The van der Waals surface area contributed by atoms with Crippen LogP contribution in [0.4, 0.5) is 0 Å². The van der Waals surface area contributed by atoms with Crippen molar-refractivity contribution in [3.8, 4) is 10.7 Å². The van der Waals surface area contributed by atoms with Gasteiger partial charge in [-0.2, -0.15) is 0 Å². The lowest BCUT2D eigenvalue weighted by molar-refractivity contribution is 0.604. The van der Waals surface area contributed by atoms with Crippen molar-refractivity contribution in [2.24, 2.45) is 0 Å². The van der Waals surface area contributed by atoms with Crippen LogP contribution in [-0.2, 0) is 0 Å². The van der Waals surface area contributed by atoms with E-state index in [4.69, 9.17) is 0 Å². The maximum Gasteiger partial charge on any atom is 0.175 e. The fraction of sp³-hybridized carbons (Fsp3) is 0.444. The Morgan fingerprint density at radius 3 is 2.79 bits per heavy atom. The summed E-state index contributed by atoms with van der Waals surface area (Å²) in [7, 11) is 0. The zero-order chi connectivity index (χ0) is 10.1. The Morgan fingerprint density at radius 1 is 1.43 bits per heavy atom. The Labute approximate surface area is 86.6 Å². The molecular formula is C9H12N4S. The molecule has 0 unspecified atom stereocenters. The van der Waals surface area contributed by atoms with Gasteiger partial charge in [0.05, 0.1) is 9.88 Å². The molecule has 5 heteroatoms. The molecule has 0 aliphatic rings. The molecule has 0 aliphatic heterocycles. The average Bonchev–Trinajstić information content (AvgIpc) is 2.70. The zero-order valence-electron chi connectivity index (χ0n) is 8.43. The first kappa shape index (κ1) is 9.33. The van der Waals surface area contributed by atoms with E-state index in [-0.39, 0.29) is 0 Å². The van der Waals surface area contributed by atoms with Crippen molar-refractivity contribution in [1.29, 1.82) is 0 Å². The molecule has 2 heterocycles. The SMILES string of the molecule is Cc1ncc(-c2nncn2C(C)C)s1. The largest absolute Gasteiger partial charge is 0.310 e. The maximum atomic E-state index is 4.21. The number of nitrogens with zero attached hydrogens (tertiary/aromatic N) is 4. The van der Waals surface area contributed by atoms with E-state index in [1.165, 1.54) is 0 Å². The van der Waals surface area contributed by atoms with Gasteiger partial charge in [0.25, 0.3) is 0 Å². The highest BCUT2D eigenvalue weighted by Gasteiger charge is 2.11. The van der Waals surface area contributed by atoms with E-state index < -0.39 is 0 Å². The summed E-state index contributed by atoms with van der Waals surface area (Å²) in [4.78, 5) is 5.29. The first-order chi connectivity index (χ1) is 6.68. The second-order valence-corrected chi connectivity index (χ2v) is 4.63. The second kappa shape index (κ2) is 3.49. The minimum atomic E-state index is 0.377. The van der Waals surface area contributed by atoms with Crippen molar-refractivity contribution in [2.45, 2.75) is 26.8 Å². The average molecular weight is 208 g/mol. The molecule has 2 rings (SSSR count). The highest BCUT2D eigenvalue weighted by Crippen LogP contribution is 2.25. The van der Waals surface area contributed by atoms with Gasteiger partial charge in [0, 0.05) is 12.2 Å². The first-order valence-electron chi connectivity index (χ1n) is 4.51. The van der Waals surface area contributed by atoms with Gasteiger partial charge in [-0.25, -0.2) is 4.98 Å². The summed E-state index contributed by atoms with van der Waals surface area (Å²) in [5.41, 5.74) is 0. The zero-order valence-corrected chi connectivity index (χ0v) is 9.25. The minimum Gasteiger partial charge on any atom is -0.310 e. The lowest BCUT2D eigenvalue weighted by Gasteiger charge is -2.07. The van der Waals surface area contributed by atoms with Gasteiger partial charge in [0.2, 0.25) is 0 Å². The van der Waals surface area contributed by atoms with Crippen LogP contribution in [0.15, 0.2) is 12.5 Å². The minimum absolute atomic E-state index is 0.377. The van der Waals surface area contributed by atoms with Gasteiger partial charge in [-0.3, -0.25) is 0 Å². The van der Waals surface area contributed by atoms with E-state index in [9.17, 15) is 0 Å². The van der Waals surface area contributed by atoms with Crippen LogP contribution < -0.4 is 0 Å². The van der Waals surface area contributed by atoms with Crippen molar-refractivity contribution in [3.05, 3.63) is 17.5 Å². The van der Waals surface area contributed by atoms with E-state index in [1.807, 2.05) is 17.7 Å². The van der Waals surface area contributed by atoms with Crippen LogP contribution >= 0.6 is 11.3 Å². The van der Waals surface area contributed by atoms with Gasteiger partial charge < -0.3 is 4.57 Å². The van der Waals surface area contributed by atoms with Gasteiger partial charge in [-0.15, -0.1) is 21.5 Å². The third-order valence-corrected chi connectivity index (χ3v) is 2.88. The lowest BCUT2D eigenvalue weighted by atomic mass is 10.4. The highest BCUT2D eigenvalue weighted by atomic mass is 32.1. The number of thiazole rings is 1. The fourth-order valence-corrected chi connectivity index (χ4v) is 2.03. The summed E-state index contributed by atoms with van der Waals surface area (Å²) < 4.78 is 2.05. The van der Waals surface area contributed by atoms with E-state index in [0.717, 1.165) is 15.7 Å². The Balaban J connectivity index is 2.46. The maximum absolute atomic E-state index is 4.21. The lowest BCUT2D eigenvalue weighted by Crippen LogP contribution is -2.00. The molecule has 0 radical (unpaired) electrons. The number of aromatic nitrogens is 4. The molecule has 0 saturated carbocycles. The Kier molecular flexibility index (Phi) is 2.33. The van der Waals surface area contributed by atoms with Crippen molar-refractivity contribution in [2.75, 3.05) is 0 Å². The molecule has 2 aromatic rings. The Bertz CT molecular complexity index is 429. The third kappa shape index (κ3) is 1.55. The quantitative estimate of drug-likeness (QED) is 0.760. The molecule has 0 N–H and O–H groups in total. The molecule has 0 spiro atoms. The molecule has 0 aliphatic carbocycles. The number of aryl methyl sites for hydroxylation is 1. The molecule has 4 nitrogen and oxygen atoms in total. The van der Waals surface area contributed by atoms with Crippen LogP contribution in [-0.4, -0.2) is 19.7 Å². The second-order valence-electron chi connectivity index (χ2n) is 3.40. The summed E-state index contributed by atoms with van der Waals surface area (Å²) in [5, 5.41) is 9.08. The monoisotopic (exact) mass is 208 g/mol. The summed E-state index contributed by atoms with van der Waals surface area (Å²) in [6, 6.07) is 0.377. The van der Waals surface area contributed by atoms with Crippen molar-refractivity contribution >= 4 is 11.3 Å². The van der Waals surface area contributed by atoms with E-state index in [1.54, 1.807) is 17.7 Å². The molecule has 2 aromatic heterocycles. The van der Waals surface area contributed by atoms with Gasteiger partial charge >= 0.3 is 0 Å². The normalized spacial score (nSPS) is 11.1. The number of hydrogen-bond acceptors (Lipinski definition) is 4. The van der Waals surface area contributed by atoms with Crippen LogP contribution in [0, 0.1) is 6.92 Å². The van der Waals surface area contributed by atoms with E-state index in [0.29, 0.717) is 6.04 Å². The van der Waals surface area contributed by atoms with Crippen LogP contribution in [0.2, 0.25) is 0 Å². The van der Waals surface area contributed by atoms with Crippen molar-refractivity contribution < 1.29 is 0 Å². The molecule has 74 valence electrons. The molecule has 0 atom stereocenters. The predicted molar refractivity (Wildman–Crippen MR) is 56.3 cm³/mol. The number of rotatable bonds is 2. The van der Waals surface area contributed by atoms with Gasteiger partial charge in [-0.1, -0.05) is 0 Å². The molecule has 14 heavy (non-hydrogen) atoms. The Morgan fingerprint density at radius 2 is 2.21 bits per heavy atom. The van der Waals surface area contributed by atoms with E-state index >= 15 is 0 Å². The highest BCUT2D eigenvalue weighted by molar-refractivity contribution is 7.14. The summed E-state index contributed by atoms with van der Waals surface area (Å²) in [5.74, 6) is 0.908.